The summed E-state index contributed by atoms with van der Waals surface area (Å²) >= 11 is 0. The predicted molar refractivity (Wildman–Crippen MR) is 79.0 cm³/mol. The second-order valence-electron chi connectivity index (χ2n) is 6.16. The van der Waals surface area contributed by atoms with E-state index in [1.165, 1.54) is 19.3 Å². The molecule has 5 nitrogen and oxygen atoms in total. The lowest BCUT2D eigenvalue weighted by Crippen LogP contribution is -2.36. The SMILES string of the molecule is Cc1ccc(OC2CCN(C(=O)C3CCCCC3)C2)nn1. The van der Waals surface area contributed by atoms with Crippen LogP contribution in [0.3, 0.4) is 0 Å². The summed E-state index contributed by atoms with van der Waals surface area (Å²) in [4.78, 5) is 14.5. The lowest BCUT2D eigenvalue weighted by atomic mass is 9.88. The van der Waals surface area contributed by atoms with Gasteiger partial charge in [0.25, 0.3) is 0 Å². The molecule has 1 saturated carbocycles. The van der Waals surface area contributed by atoms with Crippen molar-refractivity contribution in [2.24, 2.45) is 5.92 Å². The van der Waals surface area contributed by atoms with E-state index in [2.05, 4.69) is 10.2 Å². The van der Waals surface area contributed by atoms with Gasteiger partial charge in [-0.1, -0.05) is 19.3 Å². The molecule has 2 aliphatic rings. The third-order valence-corrected chi connectivity index (χ3v) is 4.47. The highest BCUT2D eigenvalue weighted by atomic mass is 16.5. The van der Waals surface area contributed by atoms with Gasteiger partial charge in [0, 0.05) is 24.9 Å². The standard InChI is InChI=1S/C16H23N3O2/c1-12-7-8-15(18-17-12)21-14-9-10-19(11-14)16(20)13-5-3-2-4-6-13/h7-8,13-14H,2-6,9-11H2,1H3. The van der Waals surface area contributed by atoms with Crippen LogP contribution in [-0.2, 0) is 4.79 Å². The largest absolute Gasteiger partial charge is 0.471 e. The molecule has 2 heterocycles. The van der Waals surface area contributed by atoms with E-state index in [9.17, 15) is 4.79 Å². The van der Waals surface area contributed by atoms with Crippen molar-refractivity contribution in [2.75, 3.05) is 13.1 Å². The monoisotopic (exact) mass is 289 g/mol. The Kier molecular flexibility index (Phi) is 4.36. The first kappa shape index (κ1) is 14.3. The van der Waals surface area contributed by atoms with E-state index < -0.39 is 0 Å². The average Bonchev–Trinajstić information content (AvgIpc) is 2.98. The van der Waals surface area contributed by atoms with E-state index in [4.69, 9.17) is 4.74 Å². The van der Waals surface area contributed by atoms with Gasteiger partial charge in [0.1, 0.15) is 6.10 Å². The number of carbonyl (C=O) groups excluding carboxylic acids is 1. The van der Waals surface area contributed by atoms with Crippen LogP contribution >= 0.6 is 0 Å². The summed E-state index contributed by atoms with van der Waals surface area (Å²) in [5.41, 5.74) is 0.878. The van der Waals surface area contributed by atoms with Crippen LogP contribution < -0.4 is 4.74 Å². The number of hydrogen-bond donors (Lipinski definition) is 0. The number of rotatable bonds is 3. The summed E-state index contributed by atoms with van der Waals surface area (Å²) in [6.07, 6.45) is 6.73. The number of ether oxygens (including phenoxy) is 1. The molecule has 1 saturated heterocycles. The van der Waals surface area contributed by atoms with Crippen molar-refractivity contribution in [2.45, 2.75) is 51.6 Å². The van der Waals surface area contributed by atoms with Crippen LogP contribution in [0.5, 0.6) is 5.88 Å². The fourth-order valence-corrected chi connectivity index (χ4v) is 3.25. The molecule has 1 unspecified atom stereocenters. The summed E-state index contributed by atoms with van der Waals surface area (Å²) in [5, 5.41) is 8.02. The van der Waals surface area contributed by atoms with E-state index in [0.29, 0.717) is 18.3 Å². The summed E-state index contributed by atoms with van der Waals surface area (Å²) in [5.74, 6) is 1.13. The predicted octanol–water partition coefficient (Wildman–Crippen LogP) is 2.35. The molecule has 5 heteroatoms. The average molecular weight is 289 g/mol. The minimum atomic E-state index is 0.0505. The first-order valence-electron chi connectivity index (χ1n) is 7.98. The molecular weight excluding hydrogens is 266 g/mol. The van der Waals surface area contributed by atoms with Gasteiger partial charge in [-0.25, -0.2) is 0 Å². The zero-order valence-electron chi connectivity index (χ0n) is 12.6. The van der Waals surface area contributed by atoms with Gasteiger partial charge >= 0.3 is 0 Å². The van der Waals surface area contributed by atoms with Crippen molar-refractivity contribution in [1.82, 2.24) is 15.1 Å². The lowest BCUT2D eigenvalue weighted by molar-refractivity contribution is -0.135. The molecule has 1 atom stereocenters. The number of carbonyl (C=O) groups is 1. The van der Waals surface area contributed by atoms with Crippen molar-refractivity contribution in [3.8, 4) is 5.88 Å². The normalized spacial score (nSPS) is 23.3. The fourth-order valence-electron chi connectivity index (χ4n) is 3.25. The van der Waals surface area contributed by atoms with Gasteiger partial charge in [-0.05, 0) is 25.8 Å². The Bertz CT molecular complexity index is 483. The number of aromatic nitrogens is 2. The van der Waals surface area contributed by atoms with Crippen LogP contribution in [0, 0.1) is 12.8 Å². The zero-order chi connectivity index (χ0) is 14.7. The maximum absolute atomic E-state index is 12.5. The van der Waals surface area contributed by atoms with Gasteiger partial charge in [0.15, 0.2) is 0 Å². The summed E-state index contributed by atoms with van der Waals surface area (Å²) in [6, 6.07) is 3.73. The quantitative estimate of drug-likeness (QED) is 0.857. The van der Waals surface area contributed by atoms with Crippen molar-refractivity contribution >= 4 is 5.91 Å². The molecule has 0 aromatic carbocycles. The highest BCUT2D eigenvalue weighted by molar-refractivity contribution is 5.79. The molecule has 1 aromatic rings. The molecular formula is C16H23N3O2. The molecule has 21 heavy (non-hydrogen) atoms. The van der Waals surface area contributed by atoms with E-state index >= 15 is 0 Å². The molecule has 0 bridgehead atoms. The number of amides is 1. The van der Waals surface area contributed by atoms with E-state index in [1.807, 2.05) is 24.0 Å². The van der Waals surface area contributed by atoms with Crippen molar-refractivity contribution in [1.29, 1.82) is 0 Å². The third-order valence-electron chi connectivity index (χ3n) is 4.47. The number of nitrogens with zero attached hydrogens (tertiary/aromatic N) is 3. The Balaban J connectivity index is 1.52. The molecule has 0 N–H and O–H groups in total. The van der Waals surface area contributed by atoms with Crippen LogP contribution in [0.1, 0.15) is 44.2 Å². The van der Waals surface area contributed by atoms with Gasteiger partial charge in [-0.3, -0.25) is 4.79 Å². The molecule has 1 aliphatic heterocycles. The summed E-state index contributed by atoms with van der Waals surface area (Å²) < 4.78 is 5.83. The van der Waals surface area contributed by atoms with Gasteiger partial charge < -0.3 is 9.64 Å². The molecule has 114 valence electrons. The van der Waals surface area contributed by atoms with Gasteiger partial charge in [0.05, 0.1) is 12.2 Å². The van der Waals surface area contributed by atoms with Crippen LogP contribution in [0.25, 0.3) is 0 Å². The number of aryl methyl sites for hydroxylation is 1. The van der Waals surface area contributed by atoms with Crippen LogP contribution in [0.15, 0.2) is 12.1 Å². The Morgan fingerprint density at radius 2 is 2.00 bits per heavy atom. The topological polar surface area (TPSA) is 55.3 Å². The van der Waals surface area contributed by atoms with E-state index in [1.54, 1.807) is 0 Å². The minimum Gasteiger partial charge on any atom is -0.471 e. The molecule has 0 spiro atoms. The third kappa shape index (κ3) is 3.52. The molecule has 2 fully saturated rings. The fraction of sp³-hybridized carbons (Fsp3) is 0.688. The van der Waals surface area contributed by atoms with Crippen molar-refractivity contribution in [3.63, 3.8) is 0 Å². The first-order valence-corrected chi connectivity index (χ1v) is 7.98. The maximum atomic E-state index is 12.5. The van der Waals surface area contributed by atoms with Crippen molar-refractivity contribution in [3.05, 3.63) is 17.8 Å². The maximum Gasteiger partial charge on any atom is 0.233 e. The van der Waals surface area contributed by atoms with Gasteiger partial charge in [-0.15, -0.1) is 5.10 Å². The molecule has 1 amide bonds. The molecule has 1 aromatic heterocycles. The molecule has 3 rings (SSSR count). The second kappa shape index (κ2) is 6.41. The van der Waals surface area contributed by atoms with Crippen molar-refractivity contribution < 1.29 is 9.53 Å². The van der Waals surface area contributed by atoms with E-state index in [-0.39, 0.29) is 12.0 Å². The van der Waals surface area contributed by atoms with Gasteiger partial charge in [-0.2, -0.15) is 5.10 Å². The molecule has 0 radical (unpaired) electrons. The van der Waals surface area contributed by atoms with E-state index in [0.717, 1.165) is 31.5 Å². The Hall–Kier alpha value is -1.65. The first-order chi connectivity index (χ1) is 10.2. The Morgan fingerprint density at radius 1 is 1.19 bits per heavy atom. The number of hydrogen-bond acceptors (Lipinski definition) is 4. The Morgan fingerprint density at radius 3 is 2.71 bits per heavy atom. The second-order valence-corrected chi connectivity index (χ2v) is 6.16. The lowest BCUT2D eigenvalue weighted by Gasteiger charge is -2.26. The Labute approximate surface area is 125 Å². The molecule has 1 aliphatic carbocycles. The van der Waals surface area contributed by atoms with Crippen LogP contribution in [0.2, 0.25) is 0 Å². The summed E-state index contributed by atoms with van der Waals surface area (Å²) in [7, 11) is 0. The minimum absolute atomic E-state index is 0.0505. The van der Waals surface area contributed by atoms with Crippen LogP contribution in [0.4, 0.5) is 0 Å². The van der Waals surface area contributed by atoms with Gasteiger partial charge in [0.2, 0.25) is 11.8 Å². The number of likely N-dealkylation sites (tertiary alicyclic amines) is 1. The smallest absolute Gasteiger partial charge is 0.233 e. The highest BCUT2D eigenvalue weighted by Crippen LogP contribution is 2.27. The highest BCUT2D eigenvalue weighted by Gasteiger charge is 2.32. The zero-order valence-corrected chi connectivity index (χ0v) is 12.6. The van der Waals surface area contributed by atoms with Crippen LogP contribution in [-0.4, -0.2) is 40.2 Å². The summed E-state index contributed by atoms with van der Waals surface area (Å²) in [6.45, 7) is 3.39.